The second kappa shape index (κ2) is 9.86. The molecule has 1 fully saturated rings. The Hall–Kier alpha value is -1.05. The number of ether oxygens (including phenoxy) is 1. The molecule has 0 aromatic heterocycles. The van der Waals surface area contributed by atoms with Crippen LogP contribution in [0.3, 0.4) is 0 Å². The number of alkyl halides is 2. The summed E-state index contributed by atoms with van der Waals surface area (Å²) in [6.07, 6.45) is 0.431. The Morgan fingerprint density at radius 2 is 2.32 bits per heavy atom. The molecule has 0 spiro atoms. The first kappa shape index (κ1) is 19.0. The Morgan fingerprint density at radius 3 is 3.00 bits per heavy atom. The number of carbonyl (C=O) groups is 1. The van der Waals surface area contributed by atoms with Crippen LogP contribution in [0.15, 0.2) is 24.3 Å². The van der Waals surface area contributed by atoms with E-state index in [1.165, 1.54) is 12.1 Å². The van der Waals surface area contributed by atoms with E-state index in [1.807, 2.05) is 11.8 Å². The van der Waals surface area contributed by atoms with Crippen LogP contribution in [0.1, 0.15) is 12.0 Å². The molecule has 8 heteroatoms. The van der Waals surface area contributed by atoms with E-state index in [9.17, 15) is 13.6 Å². The summed E-state index contributed by atoms with van der Waals surface area (Å²) in [6, 6.07) is 6.55. The van der Waals surface area contributed by atoms with Gasteiger partial charge in [-0.05, 0) is 17.7 Å². The first-order valence-corrected chi connectivity index (χ1v) is 7.90. The summed E-state index contributed by atoms with van der Waals surface area (Å²) in [6.45, 7) is -1.61. The predicted octanol–water partition coefficient (Wildman–Crippen LogP) is 2.42. The fourth-order valence-electron chi connectivity index (χ4n) is 2.08. The highest BCUT2D eigenvalue weighted by Crippen LogP contribution is 2.16. The van der Waals surface area contributed by atoms with Crippen LogP contribution in [-0.4, -0.2) is 36.6 Å². The van der Waals surface area contributed by atoms with E-state index in [1.54, 1.807) is 12.1 Å². The molecular weight excluding hydrogens is 334 g/mol. The molecule has 124 valence electrons. The van der Waals surface area contributed by atoms with Crippen molar-refractivity contribution >= 4 is 30.1 Å². The Labute approximate surface area is 138 Å². The fraction of sp³-hybridized carbons (Fsp3) is 0.500. The second-order valence-electron chi connectivity index (χ2n) is 4.73. The SMILES string of the molecule is Cl.O=C(CC1CSCCN1)NCc1cccc(OC(F)F)c1. The smallest absolute Gasteiger partial charge is 0.387 e. The van der Waals surface area contributed by atoms with Crippen LogP contribution in [0, 0.1) is 0 Å². The molecule has 0 saturated carbocycles. The minimum Gasteiger partial charge on any atom is -0.435 e. The van der Waals surface area contributed by atoms with Crippen LogP contribution < -0.4 is 15.4 Å². The first-order valence-electron chi connectivity index (χ1n) is 6.75. The van der Waals surface area contributed by atoms with Crippen molar-refractivity contribution in [3.05, 3.63) is 29.8 Å². The number of carbonyl (C=O) groups excluding carboxylic acids is 1. The molecule has 1 unspecified atom stereocenters. The molecule has 2 N–H and O–H groups in total. The average Bonchev–Trinajstić information content (AvgIpc) is 2.46. The van der Waals surface area contributed by atoms with E-state index in [0.29, 0.717) is 13.0 Å². The van der Waals surface area contributed by atoms with Gasteiger partial charge in [-0.25, -0.2) is 0 Å². The van der Waals surface area contributed by atoms with Gasteiger partial charge in [0.1, 0.15) is 5.75 Å². The van der Waals surface area contributed by atoms with Gasteiger partial charge < -0.3 is 15.4 Å². The number of nitrogens with one attached hydrogen (secondary N) is 2. The maximum atomic E-state index is 12.1. The minimum absolute atomic E-state index is 0. The monoisotopic (exact) mass is 352 g/mol. The van der Waals surface area contributed by atoms with Gasteiger partial charge in [0.05, 0.1) is 0 Å². The number of hydrogen-bond acceptors (Lipinski definition) is 4. The predicted molar refractivity (Wildman–Crippen MR) is 85.9 cm³/mol. The lowest BCUT2D eigenvalue weighted by Crippen LogP contribution is -2.41. The maximum Gasteiger partial charge on any atom is 0.387 e. The lowest BCUT2D eigenvalue weighted by Gasteiger charge is -2.22. The Kier molecular flexibility index (Phi) is 8.52. The molecule has 1 amide bonds. The Balaban J connectivity index is 0.00000242. The summed E-state index contributed by atoms with van der Waals surface area (Å²) in [7, 11) is 0. The van der Waals surface area contributed by atoms with Gasteiger partial charge >= 0.3 is 6.61 Å². The topological polar surface area (TPSA) is 50.4 Å². The van der Waals surface area contributed by atoms with Crippen LogP contribution in [0.25, 0.3) is 0 Å². The van der Waals surface area contributed by atoms with Gasteiger partial charge in [-0.3, -0.25) is 4.79 Å². The fourth-order valence-corrected chi connectivity index (χ4v) is 3.03. The van der Waals surface area contributed by atoms with Crippen LogP contribution in [0.2, 0.25) is 0 Å². The van der Waals surface area contributed by atoms with Gasteiger partial charge in [0.15, 0.2) is 0 Å². The zero-order valence-electron chi connectivity index (χ0n) is 11.9. The molecule has 22 heavy (non-hydrogen) atoms. The summed E-state index contributed by atoms with van der Waals surface area (Å²) >= 11 is 1.84. The minimum atomic E-state index is -2.84. The number of thioether (sulfide) groups is 1. The molecule has 4 nitrogen and oxygen atoms in total. The van der Waals surface area contributed by atoms with Gasteiger partial charge in [0.25, 0.3) is 0 Å². The zero-order chi connectivity index (χ0) is 15.1. The molecule has 1 atom stereocenters. The average molecular weight is 353 g/mol. The quantitative estimate of drug-likeness (QED) is 0.825. The van der Waals surface area contributed by atoms with Crippen LogP contribution in [0.5, 0.6) is 5.75 Å². The third-order valence-electron chi connectivity index (χ3n) is 3.04. The maximum absolute atomic E-state index is 12.1. The summed E-state index contributed by atoms with van der Waals surface area (Å²) < 4.78 is 28.6. The number of amides is 1. The number of benzene rings is 1. The molecular formula is C14H19ClF2N2O2S. The first-order chi connectivity index (χ1) is 10.1. The van der Waals surface area contributed by atoms with E-state index in [0.717, 1.165) is 23.6 Å². The number of rotatable bonds is 6. The second-order valence-corrected chi connectivity index (χ2v) is 5.88. The molecule has 1 aliphatic rings. The van der Waals surface area contributed by atoms with Crippen molar-refractivity contribution in [1.29, 1.82) is 0 Å². The molecule has 1 aromatic rings. The normalized spacial score (nSPS) is 17.7. The molecule has 1 aromatic carbocycles. The van der Waals surface area contributed by atoms with Gasteiger partial charge in [0.2, 0.25) is 5.91 Å². The third-order valence-corrected chi connectivity index (χ3v) is 4.17. The molecule has 0 aliphatic carbocycles. The third kappa shape index (κ3) is 6.81. The Bertz CT molecular complexity index is 474. The van der Waals surface area contributed by atoms with Crippen LogP contribution in [-0.2, 0) is 11.3 Å². The molecule has 0 bridgehead atoms. The molecule has 2 rings (SSSR count). The molecule has 0 radical (unpaired) electrons. The molecule has 1 heterocycles. The van der Waals surface area contributed by atoms with Crippen molar-refractivity contribution in [1.82, 2.24) is 10.6 Å². The number of halogens is 3. The van der Waals surface area contributed by atoms with Crippen LogP contribution >= 0.6 is 24.2 Å². The van der Waals surface area contributed by atoms with Crippen LogP contribution in [0.4, 0.5) is 8.78 Å². The van der Waals surface area contributed by atoms with E-state index in [4.69, 9.17) is 0 Å². The highest BCUT2D eigenvalue weighted by molar-refractivity contribution is 7.99. The highest BCUT2D eigenvalue weighted by atomic mass is 35.5. The standard InChI is InChI=1S/C14H18F2N2O2S.ClH/c15-14(16)20-12-3-1-2-10(6-12)8-18-13(19)7-11-9-21-5-4-17-11;/h1-3,6,11,14,17H,4-5,7-9H2,(H,18,19);1H. The van der Waals surface area contributed by atoms with Gasteiger partial charge in [0, 0.05) is 37.1 Å². The lowest BCUT2D eigenvalue weighted by molar-refractivity contribution is -0.121. The summed E-state index contributed by atoms with van der Waals surface area (Å²) in [5.41, 5.74) is 0.729. The largest absolute Gasteiger partial charge is 0.435 e. The van der Waals surface area contributed by atoms with Crippen molar-refractivity contribution in [3.8, 4) is 5.75 Å². The van der Waals surface area contributed by atoms with Gasteiger partial charge in [-0.1, -0.05) is 12.1 Å². The number of hydrogen-bond donors (Lipinski definition) is 2. The Morgan fingerprint density at radius 1 is 1.50 bits per heavy atom. The zero-order valence-corrected chi connectivity index (χ0v) is 13.5. The highest BCUT2D eigenvalue weighted by Gasteiger charge is 2.16. The van der Waals surface area contributed by atoms with E-state index in [-0.39, 0.29) is 30.1 Å². The van der Waals surface area contributed by atoms with E-state index < -0.39 is 6.61 Å². The van der Waals surface area contributed by atoms with Crippen molar-refractivity contribution in [2.45, 2.75) is 25.6 Å². The van der Waals surface area contributed by atoms with Crippen molar-refractivity contribution < 1.29 is 18.3 Å². The van der Waals surface area contributed by atoms with Gasteiger partial charge in [-0.2, -0.15) is 20.5 Å². The summed E-state index contributed by atoms with van der Waals surface area (Å²) in [5, 5.41) is 6.09. The lowest BCUT2D eigenvalue weighted by atomic mass is 10.2. The summed E-state index contributed by atoms with van der Waals surface area (Å²) in [5.74, 6) is 2.07. The molecule has 1 saturated heterocycles. The molecule has 1 aliphatic heterocycles. The van der Waals surface area contributed by atoms with Gasteiger partial charge in [-0.15, -0.1) is 12.4 Å². The summed E-state index contributed by atoms with van der Waals surface area (Å²) in [4.78, 5) is 11.8. The van der Waals surface area contributed by atoms with E-state index >= 15 is 0 Å². The van der Waals surface area contributed by atoms with Crippen molar-refractivity contribution in [2.24, 2.45) is 0 Å². The van der Waals surface area contributed by atoms with E-state index in [2.05, 4.69) is 15.4 Å². The van der Waals surface area contributed by atoms with Crippen molar-refractivity contribution in [3.63, 3.8) is 0 Å². The van der Waals surface area contributed by atoms with Crippen molar-refractivity contribution in [2.75, 3.05) is 18.1 Å².